The SMILES string of the molecule is COc1cc(-c2cn3cccc(OC)c3n2)ccc1OCc1ccc(Cl)cc1. The van der Waals surface area contributed by atoms with Gasteiger partial charge in [-0.3, -0.25) is 0 Å². The molecule has 0 fully saturated rings. The quantitative estimate of drug-likeness (QED) is 0.448. The van der Waals surface area contributed by atoms with Crippen LogP contribution in [0.3, 0.4) is 0 Å². The summed E-state index contributed by atoms with van der Waals surface area (Å²) in [4.78, 5) is 4.69. The van der Waals surface area contributed by atoms with Crippen molar-refractivity contribution < 1.29 is 14.2 Å². The lowest BCUT2D eigenvalue weighted by Crippen LogP contribution is -1.98. The fraction of sp³-hybridized carbons (Fsp3) is 0.136. The van der Waals surface area contributed by atoms with E-state index in [-0.39, 0.29) is 0 Å². The van der Waals surface area contributed by atoms with E-state index < -0.39 is 0 Å². The Morgan fingerprint density at radius 3 is 2.46 bits per heavy atom. The van der Waals surface area contributed by atoms with E-state index in [0.29, 0.717) is 23.1 Å². The van der Waals surface area contributed by atoms with Crippen LogP contribution in [0.15, 0.2) is 67.0 Å². The average molecular weight is 395 g/mol. The Morgan fingerprint density at radius 2 is 1.71 bits per heavy atom. The van der Waals surface area contributed by atoms with Gasteiger partial charge >= 0.3 is 0 Å². The number of benzene rings is 2. The zero-order valence-electron chi connectivity index (χ0n) is 15.6. The van der Waals surface area contributed by atoms with Crippen LogP contribution in [-0.4, -0.2) is 23.6 Å². The molecule has 142 valence electrons. The highest BCUT2D eigenvalue weighted by Gasteiger charge is 2.12. The van der Waals surface area contributed by atoms with E-state index in [1.165, 1.54) is 0 Å². The van der Waals surface area contributed by atoms with Crippen molar-refractivity contribution in [3.8, 4) is 28.5 Å². The Morgan fingerprint density at radius 1 is 0.929 bits per heavy atom. The minimum atomic E-state index is 0.429. The maximum atomic E-state index is 5.93. The molecule has 0 atom stereocenters. The molecule has 5 nitrogen and oxygen atoms in total. The molecule has 28 heavy (non-hydrogen) atoms. The number of ether oxygens (including phenoxy) is 3. The van der Waals surface area contributed by atoms with E-state index in [4.69, 9.17) is 25.8 Å². The van der Waals surface area contributed by atoms with Gasteiger partial charge in [-0.25, -0.2) is 4.98 Å². The molecule has 0 radical (unpaired) electrons. The molecule has 0 amide bonds. The van der Waals surface area contributed by atoms with Crippen molar-refractivity contribution in [1.82, 2.24) is 9.38 Å². The molecule has 2 aromatic carbocycles. The summed E-state index contributed by atoms with van der Waals surface area (Å²) in [6.07, 6.45) is 3.90. The zero-order chi connectivity index (χ0) is 19.5. The summed E-state index contributed by atoms with van der Waals surface area (Å²) in [5, 5.41) is 0.703. The minimum absolute atomic E-state index is 0.429. The van der Waals surface area contributed by atoms with Crippen LogP contribution in [0.25, 0.3) is 16.9 Å². The van der Waals surface area contributed by atoms with Gasteiger partial charge in [-0.1, -0.05) is 23.7 Å². The molecule has 0 bridgehead atoms. The van der Waals surface area contributed by atoms with Crippen molar-refractivity contribution in [1.29, 1.82) is 0 Å². The number of rotatable bonds is 6. The summed E-state index contributed by atoms with van der Waals surface area (Å²) >= 11 is 5.92. The van der Waals surface area contributed by atoms with E-state index in [1.807, 2.05) is 71.4 Å². The molecule has 0 spiro atoms. The van der Waals surface area contributed by atoms with E-state index in [0.717, 1.165) is 28.2 Å². The first kappa shape index (κ1) is 18.2. The van der Waals surface area contributed by atoms with Crippen molar-refractivity contribution in [2.45, 2.75) is 6.61 Å². The summed E-state index contributed by atoms with van der Waals surface area (Å²) < 4.78 is 18.8. The van der Waals surface area contributed by atoms with Crippen molar-refractivity contribution in [3.63, 3.8) is 0 Å². The number of nitrogens with zero attached hydrogens (tertiary/aromatic N) is 2. The van der Waals surface area contributed by atoms with Gasteiger partial charge in [0.25, 0.3) is 0 Å². The Hall–Kier alpha value is -3.18. The normalized spacial score (nSPS) is 10.8. The first-order valence-electron chi connectivity index (χ1n) is 8.75. The maximum absolute atomic E-state index is 5.93. The van der Waals surface area contributed by atoms with Gasteiger partial charge in [0, 0.05) is 23.0 Å². The summed E-state index contributed by atoms with van der Waals surface area (Å²) in [6, 6.07) is 17.2. The Balaban J connectivity index is 1.60. The number of aromatic nitrogens is 2. The van der Waals surface area contributed by atoms with Gasteiger partial charge in [0.15, 0.2) is 22.9 Å². The number of pyridine rings is 1. The minimum Gasteiger partial charge on any atom is -0.493 e. The predicted octanol–water partition coefficient (Wildman–Crippen LogP) is 5.25. The van der Waals surface area contributed by atoms with Gasteiger partial charge in [0.05, 0.1) is 19.9 Å². The third-order valence-corrected chi connectivity index (χ3v) is 4.69. The summed E-state index contributed by atoms with van der Waals surface area (Å²) in [5.74, 6) is 2.04. The van der Waals surface area contributed by atoms with Crippen molar-refractivity contribution in [2.75, 3.05) is 14.2 Å². The molecular formula is C22H19ClN2O3. The first-order valence-corrected chi connectivity index (χ1v) is 9.13. The number of halogens is 1. The van der Waals surface area contributed by atoms with Gasteiger partial charge in [-0.15, -0.1) is 0 Å². The topological polar surface area (TPSA) is 45.0 Å². The van der Waals surface area contributed by atoms with Crippen molar-refractivity contribution in [2.24, 2.45) is 0 Å². The molecule has 4 aromatic rings. The molecule has 4 rings (SSSR count). The number of fused-ring (bicyclic) bond motifs is 1. The van der Waals surface area contributed by atoms with Crippen LogP contribution in [0.1, 0.15) is 5.56 Å². The van der Waals surface area contributed by atoms with Crippen LogP contribution >= 0.6 is 11.6 Å². The van der Waals surface area contributed by atoms with Gasteiger partial charge in [-0.2, -0.15) is 0 Å². The Bertz CT molecular complexity index is 1110. The van der Waals surface area contributed by atoms with Crippen molar-refractivity contribution >= 4 is 17.2 Å². The highest BCUT2D eigenvalue weighted by Crippen LogP contribution is 2.33. The van der Waals surface area contributed by atoms with E-state index in [1.54, 1.807) is 14.2 Å². The number of hydrogen-bond donors (Lipinski definition) is 0. The largest absolute Gasteiger partial charge is 0.493 e. The number of imidazole rings is 1. The Labute approximate surface area is 168 Å². The smallest absolute Gasteiger partial charge is 0.180 e. The van der Waals surface area contributed by atoms with Crippen LogP contribution < -0.4 is 14.2 Å². The first-order chi connectivity index (χ1) is 13.7. The monoisotopic (exact) mass is 394 g/mol. The second-order valence-corrected chi connectivity index (χ2v) is 6.65. The summed E-state index contributed by atoms with van der Waals surface area (Å²) in [5.41, 5.74) is 3.55. The highest BCUT2D eigenvalue weighted by atomic mass is 35.5. The highest BCUT2D eigenvalue weighted by molar-refractivity contribution is 6.30. The lowest BCUT2D eigenvalue weighted by Gasteiger charge is -2.12. The standard InChI is InChI=1S/C22H19ClN2O3/c1-26-20-4-3-11-25-13-18(24-22(20)25)16-7-10-19(21(12-16)27-2)28-14-15-5-8-17(23)9-6-15/h3-13H,14H2,1-2H3. The van der Waals surface area contributed by atoms with Crippen LogP contribution in [0.4, 0.5) is 0 Å². The molecule has 6 heteroatoms. The van der Waals surface area contributed by atoms with E-state index >= 15 is 0 Å². The van der Waals surface area contributed by atoms with Gasteiger partial charge in [-0.05, 0) is 48.0 Å². The lowest BCUT2D eigenvalue weighted by atomic mass is 10.1. The predicted molar refractivity (Wildman–Crippen MR) is 110 cm³/mol. The molecular weight excluding hydrogens is 376 g/mol. The molecule has 0 aliphatic rings. The summed E-state index contributed by atoms with van der Waals surface area (Å²) in [7, 11) is 3.26. The van der Waals surface area contributed by atoms with Crippen LogP contribution in [0.2, 0.25) is 5.02 Å². The number of hydrogen-bond acceptors (Lipinski definition) is 4. The third kappa shape index (κ3) is 3.62. The van der Waals surface area contributed by atoms with E-state index in [9.17, 15) is 0 Å². The van der Waals surface area contributed by atoms with Gasteiger partial charge in [0.1, 0.15) is 6.61 Å². The second-order valence-electron chi connectivity index (χ2n) is 6.21. The zero-order valence-corrected chi connectivity index (χ0v) is 16.3. The fourth-order valence-corrected chi connectivity index (χ4v) is 3.10. The maximum Gasteiger partial charge on any atom is 0.180 e. The molecule has 0 aliphatic heterocycles. The van der Waals surface area contributed by atoms with Crippen LogP contribution in [0, 0.1) is 0 Å². The third-order valence-electron chi connectivity index (χ3n) is 4.43. The van der Waals surface area contributed by atoms with Gasteiger partial charge in [0.2, 0.25) is 0 Å². The summed E-state index contributed by atoms with van der Waals surface area (Å²) in [6.45, 7) is 0.429. The Kier molecular flexibility index (Phi) is 5.08. The van der Waals surface area contributed by atoms with Crippen LogP contribution in [0.5, 0.6) is 17.2 Å². The average Bonchev–Trinajstić information content (AvgIpc) is 3.17. The van der Waals surface area contributed by atoms with Crippen LogP contribution in [-0.2, 0) is 6.61 Å². The second kappa shape index (κ2) is 7.82. The lowest BCUT2D eigenvalue weighted by molar-refractivity contribution is 0.284. The fourth-order valence-electron chi connectivity index (χ4n) is 2.97. The molecule has 2 heterocycles. The molecule has 0 saturated carbocycles. The van der Waals surface area contributed by atoms with Gasteiger partial charge < -0.3 is 18.6 Å². The molecule has 2 aromatic heterocycles. The number of methoxy groups -OCH3 is 2. The van der Waals surface area contributed by atoms with Crippen molar-refractivity contribution in [3.05, 3.63) is 77.6 Å². The molecule has 0 N–H and O–H groups in total. The molecule has 0 aliphatic carbocycles. The molecule has 0 saturated heterocycles. The molecule has 0 unspecified atom stereocenters. The van der Waals surface area contributed by atoms with E-state index in [2.05, 4.69) is 4.98 Å².